The summed E-state index contributed by atoms with van der Waals surface area (Å²) in [6.45, 7) is 13.7. The molecule has 0 aromatic carbocycles. The van der Waals surface area contributed by atoms with E-state index in [0.717, 1.165) is 13.1 Å². The van der Waals surface area contributed by atoms with Crippen LogP contribution in [0.2, 0.25) is 0 Å². The second-order valence-corrected chi connectivity index (χ2v) is 7.51. The van der Waals surface area contributed by atoms with Crippen LogP contribution in [0.3, 0.4) is 0 Å². The summed E-state index contributed by atoms with van der Waals surface area (Å²) < 4.78 is 5.71. The Morgan fingerprint density at radius 2 is 1.83 bits per heavy atom. The van der Waals surface area contributed by atoms with Gasteiger partial charge in [0.25, 0.3) is 0 Å². The standard InChI is InChI=1S/C17H32N2O4/c1-7-11(2)14(15(20)21)18-16(22)17(5,6)10-19-8-12(3)23-13(4)9-19/h11-14H,7-10H2,1-6H3,(H,18,22)(H,20,21). The molecule has 1 aliphatic heterocycles. The van der Waals surface area contributed by atoms with Crippen LogP contribution in [-0.4, -0.2) is 59.8 Å². The number of carbonyl (C=O) groups excluding carboxylic acids is 1. The molecule has 1 fully saturated rings. The van der Waals surface area contributed by atoms with Gasteiger partial charge in [-0.1, -0.05) is 20.3 Å². The number of carbonyl (C=O) groups is 2. The van der Waals surface area contributed by atoms with Gasteiger partial charge in [-0.2, -0.15) is 0 Å². The Bertz CT molecular complexity index is 415. The van der Waals surface area contributed by atoms with E-state index < -0.39 is 17.4 Å². The van der Waals surface area contributed by atoms with Crippen LogP contribution in [0.5, 0.6) is 0 Å². The minimum Gasteiger partial charge on any atom is -0.480 e. The highest BCUT2D eigenvalue weighted by atomic mass is 16.5. The van der Waals surface area contributed by atoms with Crippen molar-refractivity contribution in [2.75, 3.05) is 19.6 Å². The van der Waals surface area contributed by atoms with Crippen LogP contribution < -0.4 is 5.32 Å². The predicted molar refractivity (Wildman–Crippen MR) is 89.3 cm³/mol. The minimum absolute atomic E-state index is 0.101. The molecule has 1 amide bonds. The van der Waals surface area contributed by atoms with Gasteiger partial charge in [-0.05, 0) is 33.6 Å². The molecule has 1 saturated heterocycles. The largest absolute Gasteiger partial charge is 0.480 e. The Morgan fingerprint density at radius 3 is 2.26 bits per heavy atom. The van der Waals surface area contributed by atoms with Crippen molar-refractivity contribution in [1.82, 2.24) is 10.2 Å². The van der Waals surface area contributed by atoms with Crippen molar-refractivity contribution in [2.24, 2.45) is 11.3 Å². The lowest BCUT2D eigenvalue weighted by Gasteiger charge is -2.39. The third kappa shape index (κ3) is 5.77. The molecule has 6 nitrogen and oxygen atoms in total. The fourth-order valence-corrected chi connectivity index (χ4v) is 3.06. The van der Waals surface area contributed by atoms with Crippen molar-refractivity contribution in [1.29, 1.82) is 0 Å². The van der Waals surface area contributed by atoms with Gasteiger partial charge in [-0.15, -0.1) is 0 Å². The Hall–Kier alpha value is -1.14. The van der Waals surface area contributed by atoms with E-state index >= 15 is 0 Å². The summed E-state index contributed by atoms with van der Waals surface area (Å²) in [4.78, 5) is 26.2. The van der Waals surface area contributed by atoms with Crippen LogP contribution in [-0.2, 0) is 14.3 Å². The highest BCUT2D eigenvalue weighted by Crippen LogP contribution is 2.22. The molecule has 6 heteroatoms. The van der Waals surface area contributed by atoms with Crippen molar-refractivity contribution >= 4 is 11.9 Å². The van der Waals surface area contributed by atoms with Gasteiger partial charge in [0.05, 0.1) is 17.6 Å². The van der Waals surface area contributed by atoms with Crippen LogP contribution in [0.25, 0.3) is 0 Å². The summed E-state index contributed by atoms with van der Waals surface area (Å²) >= 11 is 0. The number of carboxylic acid groups (broad SMARTS) is 1. The van der Waals surface area contributed by atoms with Crippen molar-refractivity contribution < 1.29 is 19.4 Å². The molecule has 23 heavy (non-hydrogen) atoms. The number of nitrogens with zero attached hydrogens (tertiary/aromatic N) is 1. The first kappa shape index (κ1) is 19.9. The quantitative estimate of drug-likeness (QED) is 0.744. The number of nitrogens with one attached hydrogen (secondary N) is 1. The maximum absolute atomic E-state index is 12.6. The topological polar surface area (TPSA) is 78.9 Å². The number of carboxylic acids is 1. The van der Waals surface area contributed by atoms with E-state index in [1.807, 2.05) is 41.5 Å². The number of morpholine rings is 1. The molecule has 1 rings (SSSR count). The second kappa shape index (κ2) is 8.11. The summed E-state index contributed by atoms with van der Waals surface area (Å²) in [5.41, 5.74) is -0.655. The molecular weight excluding hydrogens is 296 g/mol. The first-order chi connectivity index (χ1) is 10.6. The zero-order chi connectivity index (χ0) is 17.8. The number of amides is 1. The molecule has 0 radical (unpaired) electrons. The van der Waals surface area contributed by atoms with E-state index in [0.29, 0.717) is 13.0 Å². The maximum atomic E-state index is 12.6. The van der Waals surface area contributed by atoms with Gasteiger partial charge in [0.2, 0.25) is 5.91 Å². The number of rotatable bonds is 7. The zero-order valence-corrected chi connectivity index (χ0v) is 15.3. The Labute approximate surface area is 139 Å². The molecule has 0 bridgehead atoms. The molecule has 4 unspecified atom stereocenters. The van der Waals surface area contributed by atoms with Gasteiger partial charge < -0.3 is 15.2 Å². The Morgan fingerprint density at radius 1 is 1.30 bits per heavy atom. The zero-order valence-electron chi connectivity index (χ0n) is 15.3. The van der Waals surface area contributed by atoms with E-state index in [4.69, 9.17) is 4.74 Å². The van der Waals surface area contributed by atoms with Gasteiger partial charge in [0.15, 0.2) is 0 Å². The molecule has 0 aromatic rings. The van der Waals surface area contributed by atoms with Crippen LogP contribution in [0.15, 0.2) is 0 Å². The lowest BCUT2D eigenvalue weighted by Crippen LogP contribution is -2.55. The summed E-state index contributed by atoms with van der Waals surface area (Å²) in [5.74, 6) is -1.29. The monoisotopic (exact) mass is 328 g/mol. The van der Waals surface area contributed by atoms with Gasteiger partial charge in [0.1, 0.15) is 6.04 Å². The Balaban J connectivity index is 2.70. The van der Waals surface area contributed by atoms with Crippen molar-refractivity contribution in [2.45, 2.75) is 66.2 Å². The normalized spacial score (nSPS) is 25.7. The average Bonchev–Trinajstić information content (AvgIpc) is 2.41. The molecule has 0 aliphatic carbocycles. The van der Waals surface area contributed by atoms with Crippen molar-refractivity contribution in [3.8, 4) is 0 Å². The molecule has 4 atom stereocenters. The predicted octanol–water partition coefficient (Wildman–Crippen LogP) is 1.74. The van der Waals surface area contributed by atoms with Crippen LogP contribution in [0.1, 0.15) is 48.0 Å². The number of ether oxygens (including phenoxy) is 1. The molecule has 0 aromatic heterocycles. The lowest BCUT2D eigenvalue weighted by atomic mass is 9.89. The van der Waals surface area contributed by atoms with Crippen molar-refractivity contribution in [3.05, 3.63) is 0 Å². The molecule has 0 saturated carbocycles. The molecule has 0 spiro atoms. The molecular formula is C17H32N2O4. The van der Waals surface area contributed by atoms with Gasteiger partial charge in [-0.25, -0.2) is 4.79 Å². The summed E-state index contributed by atoms with van der Waals surface area (Å²) in [7, 11) is 0. The highest BCUT2D eigenvalue weighted by Gasteiger charge is 2.36. The third-order valence-corrected chi connectivity index (χ3v) is 4.49. The van der Waals surface area contributed by atoms with E-state index in [-0.39, 0.29) is 24.0 Å². The fraction of sp³-hybridized carbons (Fsp3) is 0.882. The Kier molecular flexibility index (Phi) is 7.02. The summed E-state index contributed by atoms with van der Waals surface area (Å²) in [6, 6.07) is -0.839. The van der Waals surface area contributed by atoms with Crippen LogP contribution in [0, 0.1) is 11.3 Å². The average molecular weight is 328 g/mol. The van der Waals surface area contributed by atoms with Crippen LogP contribution in [0.4, 0.5) is 0 Å². The minimum atomic E-state index is -0.975. The first-order valence-electron chi connectivity index (χ1n) is 8.48. The summed E-state index contributed by atoms with van der Waals surface area (Å²) in [5, 5.41) is 12.1. The lowest BCUT2D eigenvalue weighted by molar-refractivity contribution is -0.145. The van der Waals surface area contributed by atoms with Crippen LogP contribution >= 0.6 is 0 Å². The number of hydrogen-bond acceptors (Lipinski definition) is 4. The van der Waals surface area contributed by atoms with Gasteiger partial charge >= 0.3 is 5.97 Å². The SMILES string of the molecule is CCC(C)C(NC(=O)C(C)(C)CN1CC(C)OC(C)C1)C(=O)O. The first-order valence-corrected chi connectivity index (χ1v) is 8.48. The van der Waals surface area contributed by atoms with Gasteiger partial charge in [0, 0.05) is 19.6 Å². The van der Waals surface area contributed by atoms with E-state index in [9.17, 15) is 14.7 Å². The molecule has 1 aliphatic rings. The number of aliphatic carboxylic acids is 1. The molecule has 2 N–H and O–H groups in total. The van der Waals surface area contributed by atoms with E-state index in [1.54, 1.807) is 0 Å². The third-order valence-electron chi connectivity index (χ3n) is 4.49. The van der Waals surface area contributed by atoms with E-state index in [2.05, 4.69) is 10.2 Å². The summed E-state index contributed by atoms with van der Waals surface area (Å²) in [6.07, 6.45) is 0.991. The van der Waals surface area contributed by atoms with E-state index in [1.165, 1.54) is 0 Å². The second-order valence-electron chi connectivity index (χ2n) is 7.51. The highest BCUT2D eigenvalue weighted by molar-refractivity contribution is 5.87. The smallest absolute Gasteiger partial charge is 0.326 e. The number of hydrogen-bond donors (Lipinski definition) is 2. The maximum Gasteiger partial charge on any atom is 0.326 e. The van der Waals surface area contributed by atoms with Gasteiger partial charge in [-0.3, -0.25) is 9.69 Å². The fourth-order valence-electron chi connectivity index (χ4n) is 3.06. The molecule has 1 heterocycles. The van der Waals surface area contributed by atoms with Crippen molar-refractivity contribution in [3.63, 3.8) is 0 Å². The molecule has 134 valence electrons.